The summed E-state index contributed by atoms with van der Waals surface area (Å²) in [7, 11) is 0. The molecule has 5 nitrogen and oxygen atoms in total. The molecule has 1 aromatic carbocycles. The molecule has 2 fully saturated rings. The summed E-state index contributed by atoms with van der Waals surface area (Å²) in [6.07, 6.45) is 4.18. The smallest absolute Gasteiger partial charge is 0.145 e. The topological polar surface area (TPSA) is 73.2 Å². The third kappa shape index (κ3) is 4.67. The number of hydrogen-bond acceptors (Lipinski definition) is 5. The Balaban J connectivity index is 1.61. The average Bonchev–Trinajstić information content (AvgIpc) is 2.60. The molecule has 0 aromatic heterocycles. The Bertz CT molecular complexity index is 626. The fraction of sp³-hybridized carbons (Fsp3) is 0.684. The summed E-state index contributed by atoms with van der Waals surface area (Å²) in [5, 5.41) is 31.9. The van der Waals surface area contributed by atoms with Crippen LogP contribution in [0.3, 0.4) is 0 Å². The molecule has 7 heteroatoms. The summed E-state index contributed by atoms with van der Waals surface area (Å²) in [6, 6.07) is 4.06. The number of aliphatic hydroxyl groups excluding tert-OH is 1. The SMILES string of the molecule is O[C@H]1CCN(CC2(O)CCCCC2)C[C@]1(O)COc1ccc(Cl)c(F)c1. The number of nitrogens with zero attached hydrogens (tertiary/aromatic N) is 1. The van der Waals surface area contributed by atoms with E-state index >= 15 is 0 Å². The van der Waals surface area contributed by atoms with Crippen molar-refractivity contribution in [1.29, 1.82) is 0 Å². The Labute approximate surface area is 158 Å². The zero-order chi connectivity index (χ0) is 18.8. The minimum absolute atomic E-state index is 0.000615. The predicted molar refractivity (Wildman–Crippen MR) is 97.0 cm³/mol. The van der Waals surface area contributed by atoms with Crippen LogP contribution in [-0.4, -0.2) is 63.8 Å². The van der Waals surface area contributed by atoms with E-state index in [1.54, 1.807) is 0 Å². The lowest BCUT2D eigenvalue weighted by Crippen LogP contribution is -2.62. The zero-order valence-electron chi connectivity index (χ0n) is 14.8. The van der Waals surface area contributed by atoms with Crippen molar-refractivity contribution in [3.63, 3.8) is 0 Å². The molecular formula is C19H27ClFNO4. The molecule has 0 unspecified atom stereocenters. The highest BCUT2D eigenvalue weighted by Crippen LogP contribution is 2.31. The lowest BCUT2D eigenvalue weighted by atomic mass is 9.83. The van der Waals surface area contributed by atoms with Crippen molar-refractivity contribution in [1.82, 2.24) is 4.90 Å². The number of piperidine rings is 1. The van der Waals surface area contributed by atoms with Crippen LogP contribution in [0.4, 0.5) is 4.39 Å². The highest BCUT2D eigenvalue weighted by Gasteiger charge is 2.44. The molecule has 2 atom stereocenters. The molecular weight excluding hydrogens is 361 g/mol. The zero-order valence-corrected chi connectivity index (χ0v) is 15.6. The van der Waals surface area contributed by atoms with Crippen molar-refractivity contribution in [2.24, 2.45) is 0 Å². The van der Waals surface area contributed by atoms with Crippen LogP contribution in [0.5, 0.6) is 5.75 Å². The fourth-order valence-electron chi connectivity index (χ4n) is 3.98. The number of likely N-dealkylation sites (tertiary alicyclic amines) is 1. The first-order valence-electron chi connectivity index (χ1n) is 9.23. The van der Waals surface area contributed by atoms with E-state index in [0.717, 1.165) is 38.2 Å². The van der Waals surface area contributed by atoms with Gasteiger partial charge in [-0.25, -0.2) is 4.39 Å². The summed E-state index contributed by atoms with van der Waals surface area (Å²) >= 11 is 5.65. The molecule has 0 radical (unpaired) electrons. The van der Waals surface area contributed by atoms with E-state index in [0.29, 0.717) is 19.5 Å². The summed E-state index contributed by atoms with van der Waals surface area (Å²) in [4.78, 5) is 1.99. The van der Waals surface area contributed by atoms with Crippen molar-refractivity contribution in [3.05, 3.63) is 29.0 Å². The second-order valence-electron chi connectivity index (χ2n) is 7.77. The normalized spacial score (nSPS) is 29.5. The Morgan fingerprint density at radius 2 is 1.96 bits per heavy atom. The highest BCUT2D eigenvalue weighted by atomic mass is 35.5. The lowest BCUT2D eigenvalue weighted by Gasteiger charge is -2.45. The van der Waals surface area contributed by atoms with Crippen LogP contribution in [0.15, 0.2) is 18.2 Å². The van der Waals surface area contributed by atoms with Crippen LogP contribution in [0, 0.1) is 5.82 Å². The van der Waals surface area contributed by atoms with Gasteiger partial charge in [0.15, 0.2) is 0 Å². The van der Waals surface area contributed by atoms with E-state index < -0.39 is 23.1 Å². The molecule has 1 saturated heterocycles. The molecule has 0 bridgehead atoms. The van der Waals surface area contributed by atoms with Gasteiger partial charge in [0.2, 0.25) is 0 Å². The van der Waals surface area contributed by atoms with E-state index in [1.165, 1.54) is 12.1 Å². The van der Waals surface area contributed by atoms with Gasteiger partial charge in [-0.05, 0) is 31.4 Å². The maximum atomic E-state index is 13.5. The first kappa shape index (κ1) is 19.8. The molecule has 0 spiro atoms. The third-order valence-electron chi connectivity index (χ3n) is 5.52. The lowest BCUT2D eigenvalue weighted by molar-refractivity contribution is -0.149. The van der Waals surface area contributed by atoms with Gasteiger partial charge in [-0.3, -0.25) is 4.90 Å². The quantitative estimate of drug-likeness (QED) is 0.723. The number of β-amino-alcohol motifs (C(OH)–C–C–N with tert-alkyl or cyclic N) is 2. The summed E-state index contributed by atoms with van der Waals surface area (Å²) in [5.74, 6) is -0.350. The van der Waals surface area contributed by atoms with Crippen LogP contribution in [0.2, 0.25) is 5.02 Å². The van der Waals surface area contributed by atoms with Crippen molar-refractivity contribution >= 4 is 11.6 Å². The third-order valence-corrected chi connectivity index (χ3v) is 5.83. The second-order valence-corrected chi connectivity index (χ2v) is 8.18. The standard InChI is InChI=1S/C19H27ClFNO4/c20-15-5-4-14(10-16(15)21)26-13-19(25)12-22(9-6-17(19)23)11-18(24)7-2-1-3-8-18/h4-5,10,17,23-25H,1-3,6-9,11-13H2/t17-,19-/m0/s1. The summed E-state index contributed by atoms with van der Waals surface area (Å²) in [6.45, 7) is 1.13. The maximum absolute atomic E-state index is 13.5. The van der Waals surface area contributed by atoms with Gasteiger partial charge >= 0.3 is 0 Å². The van der Waals surface area contributed by atoms with E-state index in [1.807, 2.05) is 4.90 Å². The van der Waals surface area contributed by atoms with E-state index in [9.17, 15) is 19.7 Å². The Morgan fingerprint density at radius 3 is 2.65 bits per heavy atom. The number of aliphatic hydroxyl groups is 3. The van der Waals surface area contributed by atoms with Crippen molar-refractivity contribution in [2.45, 2.75) is 55.8 Å². The summed E-state index contributed by atoms with van der Waals surface area (Å²) < 4.78 is 19.0. The molecule has 26 heavy (non-hydrogen) atoms. The maximum Gasteiger partial charge on any atom is 0.145 e. The number of rotatable bonds is 5. The molecule has 1 aliphatic heterocycles. The van der Waals surface area contributed by atoms with Gasteiger partial charge in [0, 0.05) is 25.7 Å². The van der Waals surface area contributed by atoms with Gasteiger partial charge in [0.05, 0.1) is 16.7 Å². The van der Waals surface area contributed by atoms with E-state index in [-0.39, 0.29) is 23.9 Å². The minimum Gasteiger partial charge on any atom is -0.490 e. The second kappa shape index (κ2) is 7.98. The molecule has 2 aliphatic rings. The van der Waals surface area contributed by atoms with Crippen LogP contribution >= 0.6 is 11.6 Å². The summed E-state index contributed by atoms with van der Waals surface area (Å²) in [5.41, 5.74) is -2.19. The fourth-order valence-corrected chi connectivity index (χ4v) is 4.10. The Hall–Kier alpha value is -0.920. The first-order chi connectivity index (χ1) is 12.3. The van der Waals surface area contributed by atoms with Gasteiger partial charge in [-0.15, -0.1) is 0 Å². The largest absolute Gasteiger partial charge is 0.490 e. The van der Waals surface area contributed by atoms with Crippen molar-refractivity contribution in [2.75, 3.05) is 26.2 Å². The van der Waals surface area contributed by atoms with Gasteiger partial charge in [-0.2, -0.15) is 0 Å². The number of ether oxygens (including phenoxy) is 1. The molecule has 3 N–H and O–H groups in total. The molecule has 1 saturated carbocycles. The number of hydrogen-bond donors (Lipinski definition) is 3. The van der Waals surface area contributed by atoms with Gasteiger partial charge in [0.1, 0.15) is 23.8 Å². The minimum atomic E-state index is -1.47. The van der Waals surface area contributed by atoms with Gasteiger partial charge < -0.3 is 20.1 Å². The number of halogens is 2. The first-order valence-corrected chi connectivity index (χ1v) is 9.61. The molecule has 3 rings (SSSR count). The molecule has 1 aliphatic carbocycles. The molecule has 146 valence electrons. The molecule has 0 amide bonds. The molecule has 1 heterocycles. The predicted octanol–water partition coefficient (Wildman–Crippen LogP) is 2.35. The number of benzene rings is 1. The Kier molecular flexibility index (Phi) is 6.09. The average molecular weight is 388 g/mol. The van der Waals surface area contributed by atoms with Crippen LogP contribution in [0.25, 0.3) is 0 Å². The highest BCUT2D eigenvalue weighted by molar-refractivity contribution is 6.30. The van der Waals surface area contributed by atoms with Gasteiger partial charge in [-0.1, -0.05) is 30.9 Å². The Morgan fingerprint density at radius 1 is 1.23 bits per heavy atom. The molecule has 1 aromatic rings. The van der Waals surface area contributed by atoms with Crippen molar-refractivity contribution in [3.8, 4) is 5.75 Å². The van der Waals surface area contributed by atoms with E-state index in [4.69, 9.17) is 16.3 Å². The van der Waals surface area contributed by atoms with Crippen molar-refractivity contribution < 1.29 is 24.4 Å². The van der Waals surface area contributed by atoms with Crippen LogP contribution < -0.4 is 4.74 Å². The van der Waals surface area contributed by atoms with Crippen LogP contribution in [0.1, 0.15) is 38.5 Å². The van der Waals surface area contributed by atoms with Gasteiger partial charge in [0.25, 0.3) is 0 Å². The monoisotopic (exact) mass is 387 g/mol. The van der Waals surface area contributed by atoms with Crippen LogP contribution in [-0.2, 0) is 0 Å². The van der Waals surface area contributed by atoms with E-state index in [2.05, 4.69) is 0 Å².